The molecule has 0 radical (unpaired) electrons. The number of pyridine rings is 1. The number of carbonyl (C=O) groups is 1. The van der Waals surface area contributed by atoms with Gasteiger partial charge in [0.05, 0.1) is 23.2 Å². The minimum absolute atomic E-state index is 0.0746. The predicted molar refractivity (Wildman–Crippen MR) is 144 cm³/mol. The highest BCUT2D eigenvalue weighted by Crippen LogP contribution is 2.38. The molecule has 1 aliphatic rings. The van der Waals surface area contributed by atoms with Crippen LogP contribution in [0.2, 0.25) is 0 Å². The Morgan fingerprint density at radius 1 is 1.15 bits per heavy atom. The van der Waals surface area contributed by atoms with Gasteiger partial charge in [0.25, 0.3) is 0 Å². The number of hydrogen-bond donors (Lipinski definition) is 0. The Kier molecular flexibility index (Phi) is 7.61. The molecule has 0 N–H and O–H groups in total. The lowest BCUT2D eigenvalue weighted by atomic mass is 9.96. The maximum Gasteiger partial charge on any atom is 0.243 e. The van der Waals surface area contributed by atoms with Crippen molar-refractivity contribution in [2.24, 2.45) is 5.92 Å². The Labute approximate surface area is 228 Å². The van der Waals surface area contributed by atoms with Crippen molar-refractivity contribution in [1.82, 2.24) is 14.3 Å². The number of ether oxygens (including phenoxy) is 1. The fourth-order valence-corrected chi connectivity index (χ4v) is 7.18. The third-order valence-electron chi connectivity index (χ3n) is 6.80. The normalized spacial score (nSPS) is 15.0. The summed E-state index contributed by atoms with van der Waals surface area (Å²) in [4.78, 5) is 24.2. The Morgan fingerprint density at radius 3 is 2.59 bits per heavy atom. The highest BCUT2D eigenvalue weighted by atomic mass is 32.2. The number of sulfonamides is 1. The highest BCUT2D eigenvalue weighted by Gasteiger charge is 2.35. The van der Waals surface area contributed by atoms with Gasteiger partial charge in [-0.15, -0.1) is 0 Å². The molecule has 1 aliphatic heterocycles. The molecule has 5 rings (SSSR count). The molecule has 1 amide bonds. The summed E-state index contributed by atoms with van der Waals surface area (Å²) in [5.41, 5.74) is 2.51. The molecule has 0 saturated carbocycles. The molecule has 4 aromatic rings. The number of rotatable bonds is 7. The van der Waals surface area contributed by atoms with Crippen molar-refractivity contribution < 1.29 is 26.7 Å². The quantitative estimate of drug-likeness (QED) is 0.312. The van der Waals surface area contributed by atoms with Crippen molar-refractivity contribution in [3.05, 3.63) is 77.6 Å². The van der Waals surface area contributed by atoms with E-state index in [1.807, 2.05) is 25.1 Å². The van der Waals surface area contributed by atoms with Crippen LogP contribution in [0, 0.1) is 24.5 Å². The molecule has 204 valence electrons. The highest BCUT2D eigenvalue weighted by molar-refractivity contribution is 7.89. The fourth-order valence-electron chi connectivity index (χ4n) is 4.64. The molecule has 12 heteroatoms. The number of piperidine rings is 1. The van der Waals surface area contributed by atoms with Crippen LogP contribution >= 0.6 is 11.3 Å². The van der Waals surface area contributed by atoms with Crippen molar-refractivity contribution in [2.75, 3.05) is 25.1 Å². The third kappa shape index (κ3) is 5.36. The Morgan fingerprint density at radius 2 is 1.92 bits per heavy atom. The van der Waals surface area contributed by atoms with Gasteiger partial charge in [0.1, 0.15) is 11.3 Å². The molecular weight excluding hydrogens is 546 g/mol. The zero-order chi connectivity index (χ0) is 27.7. The van der Waals surface area contributed by atoms with E-state index >= 15 is 0 Å². The van der Waals surface area contributed by atoms with Crippen molar-refractivity contribution in [1.29, 1.82) is 0 Å². The summed E-state index contributed by atoms with van der Waals surface area (Å²) in [5, 5.41) is 0.517. The van der Waals surface area contributed by atoms with E-state index in [1.54, 1.807) is 30.5 Å². The fraction of sp³-hybridized carbons (Fsp3) is 0.296. The molecule has 1 saturated heterocycles. The number of benzene rings is 2. The number of anilines is 1. The summed E-state index contributed by atoms with van der Waals surface area (Å²) in [7, 11) is -2.46. The van der Waals surface area contributed by atoms with Gasteiger partial charge in [-0.3, -0.25) is 14.7 Å². The van der Waals surface area contributed by atoms with Gasteiger partial charge in [0, 0.05) is 31.4 Å². The first-order valence-corrected chi connectivity index (χ1v) is 14.5. The molecule has 3 heterocycles. The topological polar surface area (TPSA) is 92.7 Å². The maximum atomic E-state index is 13.9. The molecular formula is C27H26F2N4O4S2. The van der Waals surface area contributed by atoms with Crippen LogP contribution in [0.3, 0.4) is 0 Å². The third-order valence-corrected chi connectivity index (χ3v) is 9.91. The van der Waals surface area contributed by atoms with E-state index in [-0.39, 0.29) is 43.3 Å². The average molecular weight is 573 g/mol. The van der Waals surface area contributed by atoms with E-state index in [9.17, 15) is 22.0 Å². The Hall–Kier alpha value is -3.48. The van der Waals surface area contributed by atoms with Gasteiger partial charge < -0.3 is 4.74 Å². The summed E-state index contributed by atoms with van der Waals surface area (Å²) >= 11 is 1.40. The van der Waals surface area contributed by atoms with E-state index in [2.05, 4.69) is 4.98 Å². The lowest BCUT2D eigenvalue weighted by molar-refractivity contribution is -0.123. The Balaban J connectivity index is 1.40. The second-order valence-electron chi connectivity index (χ2n) is 9.30. The number of nitrogens with zero attached hydrogens (tertiary/aromatic N) is 4. The van der Waals surface area contributed by atoms with Crippen LogP contribution in [0.1, 0.15) is 24.0 Å². The van der Waals surface area contributed by atoms with Gasteiger partial charge >= 0.3 is 0 Å². The zero-order valence-corrected chi connectivity index (χ0v) is 22.9. The number of carbonyl (C=O) groups excluding carboxylic acids is 1. The number of amides is 1. The minimum atomic E-state index is -4.03. The number of aromatic nitrogens is 2. The number of fused-ring (bicyclic) bond motifs is 1. The second-order valence-corrected chi connectivity index (χ2v) is 12.2. The number of halogens is 2. The van der Waals surface area contributed by atoms with E-state index in [4.69, 9.17) is 9.72 Å². The number of hydrogen-bond acceptors (Lipinski definition) is 7. The lowest BCUT2D eigenvalue weighted by Crippen LogP contribution is -2.44. The maximum absolute atomic E-state index is 13.9. The standard InChI is InChI=1S/C27H26F2N4O4S2/c1-17-5-8-23(37-2)24-25(17)38-27(31-24)33(16-18-4-3-11-30-15-18)26(34)19-9-12-32(13-10-19)39(35,36)20-6-7-21(28)22(29)14-20/h3-8,11,14-15,19H,9-10,12-13,16H2,1-2H3. The molecule has 8 nitrogen and oxygen atoms in total. The summed E-state index contributed by atoms with van der Waals surface area (Å²) in [5.74, 6) is -2.35. The predicted octanol–water partition coefficient (Wildman–Crippen LogP) is 4.92. The van der Waals surface area contributed by atoms with Crippen molar-refractivity contribution in [3.63, 3.8) is 0 Å². The van der Waals surface area contributed by atoms with E-state index in [0.717, 1.165) is 28.0 Å². The van der Waals surface area contributed by atoms with Gasteiger partial charge in [-0.05, 0) is 61.2 Å². The molecule has 0 bridgehead atoms. The van der Waals surface area contributed by atoms with Gasteiger partial charge in [0.2, 0.25) is 15.9 Å². The molecule has 0 spiro atoms. The summed E-state index contributed by atoms with van der Waals surface area (Å²) in [6.07, 6.45) is 3.90. The van der Waals surface area contributed by atoms with Crippen LogP contribution < -0.4 is 9.64 Å². The molecule has 2 aromatic heterocycles. The SMILES string of the molecule is COc1ccc(C)c2sc(N(Cc3cccnc3)C(=O)C3CCN(S(=O)(=O)c4ccc(F)c(F)c4)CC3)nc12. The van der Waals surface area contributed by atoms with Crippen LogP contribution in [-0.2, 0) is 21.4 Å². The van der Waals surface area contributed by atoms with Gasteiger partial charge in [-0.25, -0.2) is 22.2 Å². The number of thiazole rings is 1. The average Bonchev–Trinajstić information content (AvgIpc) is 3.40. The second kappa shape index (κ2) is 10.9. The van der Waals surface area contributed by atoms with Crippen molar-refractivity contribution in [3.8, 4) is 5.75 Å². The van der Waals surface area contributed by atoms with E-state index in [0.29, 0.717) is 22.5 Å². The van der Waals surface area contributed by atoms with Crippen LogP contribution in [0.25, 0.3) is 10.2 Å². The molecule has 0 atom stereocenters. The van der Waals surface area contributed by atoms with Gasteiger partial charge in [-0.1, -0.05) is 23.5 Å². The number of methoxy groups -OCH3 is 1. The first-order valence-electron chi connectivity index (χ1n) is 12.3. The van der Waals surface area contributed by atoms with Crippen molar-refractivity contribution in [2.45, 2.75) is 31.2 Å². The van der Waals surface area contributed by atoms with E-state index in [1.165, 1.54) is 15.6 Å². The Bertz CT molecular complexity index is 1620. The zero-order valence-electron chi connectivity index (χ0n) is 21.3. The van der Waals surface area contributed by atoms with Crippen LogP contribution in [0.5, 0.6) is 5.75 Å². The minimum Gasteiger partial charge on any atom is -0.494 e. The number of aryl methyl sites for hydroxylation is 1. The summed E-state index contributed by atoms with van der Waals surface area (Å²) in [6, 6.07) is 9.99. The summed E-state index contributed by atoms with van der Waals surface area (Å²) < 4.78 is 60.7. The van der Waals surface area contributed by atoms with Gasteiger partial charge in [-0.2, -0.15) is 4.31 Å². The smallest absolute Gasteiger partial charge is 0.243 e. The van der Waals surface area contributed by atoms with Crippen molar-refractivity contribution >= 4 is 42.6 Å². The molecule has 39 heavy (non-hydrogen) atoms. The van der Waals surface area contributed by atoms with E-state index < -0.39 is 27.6 Å². The van der Waals surface area contributed by atoms with Crippen LogP contribution in [0.4, 0.5) is 13.9 Å². The lowest BCUT2D eigenvalue weighted by Gasteiger charge is -2.33. The molecule has 0 aliphatic carbocycles. The largest absolute Gasteiger partial charge is 0.494 e. The molecule has 1 fully saturated rings. The summed E-state index contributed by atoms with van der Waals surface area (Å²) in [6.45, 7) is 2.37. The van der Waals surface area contributed by atoms with Gasteiger partial charge in [0.15, 0.2) is 16.8 Å². The monoisotopic (exact) mass is 572 g/mol. The van der Waals surface area contributed by atoms with Crippen LogP contribution in [-0.4, -0.2) is 48.8 Å². The molecule has 0 unspecified atom stereocenters. The first kappa shape index (κ1) is 27.1. The first-order chi connectivity index (χ1) is 18.7. The molecule has 2 aromatic carbocycles. The van der Waals surface area contributed by atoms with Crippen LogP contribution in [0.15, 0.2) is 59.8 Å².